The Morgan fingerprint density at radius 2 is 1.89 bits per heavy atom. The molecule has 108 valence electrons. The van der Waals surface area contributed by atoms with Crippen LogP contribution < -0.4 is 10.2 Å². The SMILES string of the molecule is CCNC(C)c1ccc(N(CC)CC(C)C)c(F)c1. The Morgan fingerprint density at radius 3 is 2.37 bits per heavy atom. The van der Waals surface area contributed by atoms with Gasteiger partial charge in [0.15, 0.2) is 0 Å². The lowest BCUT2D eigenvalue weighted by Crippen LogP contribution is -2.28. The Kier molecular flexibility index (Phi) is 6.29. The second-order valence-corrected chi connectivity index (χ2v) is 5.42. The molecule has 0 bridgehead atoms. The number of nitrogens with one attached hydrogen (secondary N) is 1. The quantitative estimate of drug-likeness (QED) is 0.803. The van der Waals surface area contributed by atoms with Gasteiger partial charge in [0, 0.05) is 19.1 Å². The van der Waals surface area contributed by atoms with E-state index in [2.05, 4.69) is 44.8 Å². The van der Waals surface area contributed by atoms with E-state index in [1.807, 2.05) is 12.1 Å². The molecule has 1 aromatic rings. The predicted molar refractivity (Wildman–Crippen MR) is 81.2 cm³/mol. The van der Waals surface area contributed by atoms with Crippen molar-refractivity contribution >= 4 is 5.69 Å². The van der Waals surface area contributed by atoms with E-state index in [1.54, 1.807) is 6.07 Å². The van der Waals surface area contributed by atoms with E-state index in [4.69, 9.17) is 0 Å². The smallest absolute Gasteiger partial charge is 0.146 e. The summed E-state index contributed by atoms with van der Waals surface area (Å²) in [5.41, 5.74) is 1.72. The van der Waals surface area contributed by atoms with Crippen LogP contribution in [-0.4, -0.2) is 19.6 Å². The molecule has 1 N–H and O–H groups in total. The second kappa shape index (κ2) is 7.49. The van der Waals surface area contributed by atoms with Crippen LogP contribution >= 0.6 is 0 Å². The first kappa shape index (κ1) is 16.0. The number of anilines is 1. The molecule has 0 aliphatic carbocycles. The van der Waals surface area contributed by atoms with Gasteiger partial charge in [-0.15, -0.1) is 0 Å². The third-order valence-corrected chi connectivity index (χ3v) is 3.29. The van der Waals surface area contributed by atoms with Crippen LogP contribution in [0.15, 0.2) is 18.2 Å². The summed E-state index contributed by atoms with van der Waals surface area (Å²) in [5, 5.41) is 3.30. The number of benzene rings is 1. The average molecular weight is 266 g/mol. The average Bonchev–Trinajstić information content (AvgIpc) is 2.36. The zero-order valence-electron chi connectivity index (χ0n) is 12.8. The van der Waals surface area contributed by atoms with Crippen molar-refractivity contribution in [2.75, 3.05) is 24.5 Å². The molecule has 1 unspecified atom stereocenters. The van der Waals surface area contributed by atoms with Crippen LogP contribution in [0, 0.1) is 11.7 Å². The van der Waals surface area contributed by atoms with Gasteiger partial charge < -0.3 is 10.2 Å². The molecule has 2 nitrogen and oxygen atoms in total. The minimum absolute atomic E-state index is 0.121. The molecular weight excluding hydrogens is 239 g/mol. The van der Waals surface area contributed by atoms with Gasteiger partial charge in [0.2, 0.25) is 0 Å². The van der Waals surface area contributed by atoms with Crippen LogP contribution in [0.4, 0.5) is 10.1 Å². The summed E-state index contributed by atoms with van der Waals surface area (Å²) in [6, 6.07) is 5.78. The van der Waals surface area contributed by atoms with Crippen LogP contribution in [0.1, 0.15) is 46.2 Å². The molecule has 0 heterocycles. The largest absolute Gasteiger partial charge is 0.369 e. The summed E-state index contributed by atoms with van der Waals surface area (Å²) in [4.78, 5) is 2.10. The van der Waals surface area contributed by atoms with E-state index in [9.17, 15) is 4.39 Å². The Bertz CT molecular complexity index is 390. The monoisotopic (exact) mass is 266 g/mol. The van der Waals surface area contributed by atoms with Crippen LogP contribution in [0.3, 0.4) is 0 Å². The number of hydrogen-bond donors (Lipinski definition) is 1. The van der Waals surface area contributed by atoms with Gasteiger partial charge in [-0.25, -0.2) is 4.39 Å². The maximum absolute atomic E-state index is 14.3. The summed E-state index contributed by atoms with van der Waals surface area (Å²) < 4.78 is 14.3. The first-order valence-electron chi connectivity index (χ1n) is 7.27. The van der Waals surface area contributed by atoms with Crippen molar-refractivity contribution in [3.8, 4) is 0 Å². The van der Waals surface area contributed by atoms with Gasteiger partial charge in [-0.3, -0.25) is 0 Å². The number of rotatable bonds is 7. The van der Waals surface area contributed by atoms with Crippen molar-refractivity contribution < 1.29 is 4.39 Å². The number of hydrogen-bond acceptors (Lipinski definition) is 2. The molecular formula is C16H27FN2. The van der Waals surface area contributed by atoms with Crippen molar-refractivity contribution in [2.24, 2.45) is 5.92 Å². The third kappa shape index (κ3) is 4.50. The molecule has 0 spiro atoms. The molecule has 1 rings (SSSR count). The molecule has 3 heteroatoms. The first-order valence-corrected chi connectivity index (χ1v) is 7.27. The minimum Gasteiger partial charge on any atom is -0.369 e. The van der Waals surface area contributed by atoms with Gasteiger partial charge in [-0.2, -0.15) is 0 Å². The fourth-order valence-corrected chi connectivity index (χ4v) is 2.31. The Labute approximate surface area is 117 Å². The van der Waals surface area contributed by atoms with E-state index in [0.717, 1.165) is 25.2 Å². The Morgan fingerprint density at radius 1 is 1.21 bits per heavy atom. The zero-order chi connectivity index (χ0) is 14.4. The maximum atomic E-state index is 14.3. The Balaban J connectivity index is 2.92. The van der Waals surface area contributed by atoms with Crippen molar-refractivity contribution in [1.82, 2.24) is 5.32 Å². The van der Waals surface area contributed by atoms with E-state index in [-0.39, 0.29) is 11.9 Å². The molecule has 0 aliphatic rings. The first-order chi connectivity index (χ1) is 8.99. The van der Waals surface area contributed by atoms with Crippen molar-refractivity contribution in [2.45, 2.75) is 40.7 Å². The lowest BCUT2D eigenvalue weighted by molar-refractivity contribution is 0.571. The fourth-order valence-electron chi connectivity index (χ4n) is 2.31. The molecule has 1 atom stereocenters. The normalized spacial score (nSPS) is 12.8. The third-order valence-electron chi connectivity index (χ3n) is 3.29. The van der Waals surface area contributed by atoms with E-state index >= 15 is 0 Å². The lowest BCUT2D eigenvalue weighted by atomic mass is 10.1. The molecule has 0 aliphatic heterocycles. The van der Waals surface area contributed by atoms with Gasteiger partial charge in [0.05, 0.1) is 5.69 Å². The van der Waals surface area contributed by atoms with Gasteiger partial charge in [0.25, 0.3) is 0 Å². The molecule has 0 fully saturated rings. The van der Waals surface area contributed by atoms with E-state index < -0.39 is 0 Å². The molecule has 0 aromatic heterocycles. The van der Waals surface area contributed by atoms with Gasteiger partial charge in [0.1, 0.15) is 5.82 Å². The van der Waals surface area contributed by atoms with E-state index in [0.29, 0.717) is 11.6 Å². The summed E-state index contributed by atoms with van der Waals surface area (Å²) in [6.07, 6.45) is 0. The maximum Gasteiger partial charge on any atom is 0.146 e. The summed E-state index contributed by atoms with van der Waals surface area (Å²) in [7, 11) is 0. The highest BCUT2D eigenvalue weighted by atomic mass is 19.1. The molecule has 0 saturated heterocycles. The van der Waals surface area contributed by atoms with Gasteiger partial charge >= 0.3 is 0 Å². The van der Waals surface area contributed by atoms with Gasteiger partial charge in [-0.1, -0.05) is 26.8 Å². The predicted octanol–water partition coefficient (Wildman–Crippen LogP) is 3.98. The topological polar surface area (TPSA) is 15.3 Å². The standard InChI is InChI=1S/C16H27FN2/c1-6-18-13(5)14-8-9-16(15(17)10-14)19(7-2)11-12(3)4/h8-10,12-13,18H,6-7,11H2,1-5H3. The highest BCUT2D eigenvalue weighted by Gasteiger charge is 2.13. The summed E-state index contributed by atoms with van der Waals surface area (Å²) in [6.45, 7) is 13.1. The second-order valence-electron chi connectivity index (χ2n) is 5.42. The zero-order valence-corrected chi connectivity index (χ0v) is 12.8. The van der Waals surface area contributed by atoms with Crippen LogP contribution in [0.25, 0.3) is 0 Å². The minimum atomic E-state index is -0.121. The van der Waals surface area contributed by atoms with Crippen LogP contribution in [0.2, 0.25) is 0 Å². The van der Waals surface area contributed by atoms with E-state index in [1.165, 1.54) is 0 Å². The van der Waals surface area contributed by atoms with Crippen LogP contribution in [0.5, 0.6) is 0 Å². The highest BCUT2D eigenvalue weighted by Crippen LogP contribution is 2.24. The number of halogens is 1. The summed E-state index contributed by atoms with van der Waals surface area (Å²) in [5.74, 6) is 0.407. The van der Waals surface area contributed by atoms with Crippen molar-refractivity contribution in [3.63, 3.8) is 0 Å². The molecule has 0 radical (unpaired) electrons. The lowest BCUT2D eigenvalue weighted by Gasteiger charge is -2.26. The molecule has 1 aromatic carbocycles. The fraction of sp³-hybridized carbons (Fsp3) is 0.625. The molecule has 19 heavy (non-hydrogen) atoms. The Hall–Kier alpha value is -1.09. The van der Waals surface area contributed by atoms with Crippen LogP contribution in [-0.2, 0) is 0 Å². The highest BCUT2D eigenvalue weighted by molar-refractivity contribution is 5.49. The molecule has 0 saturated carbocycles. The summed E-state index contributed by atoms with van der Waals surface area (Å²) >= 11 is 0. The van der Waals surface area contributed by atoms with Crippen molar-refractivity contribution in [3.05, 3.63) is 29.6 Å². The van der Waals surface area contributed by atoms with Crippen molar-refractivity contribution in [1.29, 1.82) is 0 Å². The molecule has 0 amide bonds. The number of nitrogens with zero attached hydrogens (tertiary/aromatic N) is 1. The van der Waals surface area contributed by atoms with Gasteiger partial charge in [-0.05, 0) is 44.0 Å².